The summed E-state index contributed by atoms with van der Waals surface area (Å²) >= 11 is 2.23. The van der Waals surface area contributed by atoms with Crippen LogP contribution in [0.5, 0.6) is 5.75 Å². The van der Waals surface area contributed by atoms with Crippen molar-refractivity contribution >= 4 is 22.6 Å². The Morgan fingerprint density at radius 3 is 2.40 bits per heavy atom. The Bertz CT molecular complexity index is 462. The van der Waals surface area contributed by atoms with Gasteiger partial charge in [-0.1, -0.05) is 5.16 Å². The van der Waals surface area contributed by atoms with Crippen LogP contribution >= 0.6 is 22.6 Å². The number of benzene rings is 1. The minimum absolute atomic E-state index is 0.816. The lowest BCUT2D eigenvalue weighted by Gasteiger charge is -2.00. The van der Waals surface area contributed by atoms with Gasteiger partial charge < -0.3 is 9.26 Å². The minimum atomic E-state index is 0.816. The fourth-order valence-electron chi connectivity index (χ4n) is 1.28. The van der Waals surface area contributed by atoms with Crippen molar-refractivity contribution in [2.24, 2.45) is 0 Å². The molecule has 4 heteroatoms. The molecule has 3 nitrogen and oxygen atoms in total. The van der Waals surface area contributed by atoms with E-state index in [0.29, 0.717) is 0 Å². The molecule has 1 aromatic carbocycles. The molecule has 0 aliphatic rings. The Labute approximate surface area is 102 Å². The van der Waals surface area contributed by atoms with Gasteiger partial charge in [-0.2, -0.15) is 0 Å². The lowest BCUT2D eigenvalue weighted by Crippen LogP contribution is -1.83. The molecular formula is C11H10INO2. The first-order chi connectivity index (χ1) is 7.22. The third-order valence-electron chi connectivity index (χ3n) is 2.14. The van der Waals surface area contributed by atoms with Gasteiger partial charge in [0.2, 0.25) is 0 Å². The van der Waals surface area contributed by atoms with Crippen LogP contribution in [0.4, 0.5) is 0 Å². The molecule has 0 amide bonds. The molecule has 0 N–H and O–H groups in total. The summed E-state index contributed by atoms with van der Waals surface area (Å²) in [6, 6.07) is 7.73. The van der Waals surface area contributed by atoms with Gasteiger partial charge in [0.1, 0.15) is 5.75 Å². The third-order valence-corrected chi connectivity index (χ3v) is 3.41. The lowest BCUT2D eigenvalue weighted by molar-refractivity contribution is 0.414. The minimum Gasteiger partial charge on any atom is -0.497 e. The van der Waals surface area contributed by atoms with E-state index in [2.05, 4.69) is 27.7 Å². The molecule has 0 bridgehead atoms. The summed E-state index contributed by atoms with van der Waals surface area (Å²) in [4.78, 5) is 0. The summed E-state index contributed by atoms with van der Waals surface area (Å²) in [5, 5.41) is 3.92. The maximum atomic E-state index is 5.26. The molecule has 0 radical (unpaired) electrons. The van der Waals surface area contributed by atoms with Gasteiger partial charge in [0, 0.05) is 5.56 Å². The van der Waals surface area contributed by atoms with Crippen LogP contribution in [-0.2, 0) is 0 Å². The Morgan fingerprint density at radius 1 is 1.27 bits per heavy atom. The van der Waals surface area contributed by atoms with E-state index < -0.39 is 0 Å². The second-order valence-corrected chi connectivity index (χ2v) is 4.22. The SMILES string of the molecule is COc1ccc(-c2onc(C)c2I)cc1. The van der Waals surface area contributed by atoms with Crippen molar-refractivity contribution in [2.45, 2.75) is 6.92 Å². The van der Waals surface area contributed by atoms with E-state index in [1.807, 2.05) is 31.2 Å². The van der Waals surface area contributed by atoms with E-state index in [-0.39, 0.29) is 0 Å². The molecule has 0 aliphatic carbocycles. The zero-order valence-corrected chi connectivity index (χ0v) is 10.6. The van der Waals surface area contributed by atoms with Gasteiger partial charge >= 0.3 is 0 Å². The maximum absolute atomic E-state index is 5.26. The topological polar surface area (TPSA) is 35.3 Å². The van der Waals surface area contributed by atoms with Gasteiger partial charge in [0.25, 0.3) is 0 Å². The Hall–Kier alpha value is -1.04. The van der Waals surface area contributed by atoms with Gasteiger partial charge in [-0.3, -0.25) is 0 Å². The van der Waals surface area contributed by atoms with Gasteiger partial charge in [-0.25, -0.2) is 0 Å². The highest BCUT2D eigenvalue weighted by atomic mass is 127. The van der Waals surface area contributed by atoms with E-state index in [0.717, 1.165) is 26.3 Å². The number of hydrogen-bond donors (Lipinski definition) is 0. The average molecular weight is 315 g/mol. The first-order valence-corrected chi connectivity index (χ1v) is 5.56. The highest BCUT2D eigenvalue weighted by molar-refractivity contribution is 14.1. The number of hydrogen-bond acceptors (Lipinski definition) is 3. The summed E-state index contributed by atoms with van der Waals surface area (Å²) in [5.74, 6) is 1.65. The van der Waals surface area contributed by atoms with Crippen LogP contribution in [0, 0.1) is 10.5 Å². The zero-order chi connectivity index (χ0) is 10.8. The van der Waals surface area contributed by atoms with E-state index in [1.54, 1.807) is 7.11 Å². The number of rotatable bonds is 2. The number of aryl methyl sites for hydroxylation is 1. The van der Waals surface area contributed by atoms with Gasteiger partial charge in [-0.05, 0) is 53.8 Å². The van der Waals surface area contributed by atoms with Crippen molar-refractivity contribution in [1.82, 2.24) is 5.16 Å². The molecule has 0 saturated carbocycles. The molecule has 1 aromatic heterocycles. The van der Waals surface area contributed by atoms with E-state index >= 15 is 0 Å². The lowest BCUT2D eigenvalue weighted by atomic mass is 10.1. The number of ether oxygens (including phenoxy) is 1. The highest BCUT2D eigenvalue weighted by Gasteiger charge is 2.11. The van der Waals surface area contributed by atoms with Crippen LogP contribution < -0.4 is 4.74 Å². The van der Waals surface area contributed by atoms with Crippen molar-refractivity contribution in [1.29, 1.82) is 0 Å². The van der Waals surface area contributed by atoms with Crippen LogP contribution in [0.1, 0.15) is 5.69 Å². The maximum Gasteiger partial charge on any atom is 0.180 e. The molecule has 0 aliphatic heterocycles. The van der Waals surface area contributed by atoms with Crippen LogP contribution in [0.2, 0.25) is 0 Å². The predicted molar refractivity (Wildman–Crippen MR) is 65.9 cm³/mol. The van der Waals surface area contributed by atoms with Crippen LogP contribution in [0.3, 0.4) is 0 Å². The normalized spacial score (nSPS) is 10.3. The molecule has 1 heterocycles. The molecule has 2 rings (SSSR count). The van der Waals surface area contributed by atoms with Crippen molar-refractivity contribution in [3.63, 3.8) is 0 Å². The van der Waals surface area contributed by atoms with Gasteiger partial charge in [0.15, 0.2) is 5.76 Å². The fraction of sp³-hybridized carbons (Fsp3) is 0.182. The zero-order valence-electron chi connectivity index (χ0n) is 8.45. The molecule has 0 spiro atoms. The van der Waals surface area contributed by atoms with Crippen molar-refractivity contribution in [3.8, 4) is 17.1 Å². The van der Waals surface area contributed by atoms with E-state index in [9.17, 15) is 0 Å². The largest absolute Gasteiger partial charge is 0.497 e. The van der Waals surface area contributed by atoms with Crippen molar-refractivity contribution in [2.75, 3.05) is 7.11 Å². The molecular weight excluding hydrogens is 305 g/mol. The highest BCUT2D eigenvalue weighted by Crippen LogP contribution is 2.28. The number of methoxy groups -OCH3 is 1. The number of halogens is 1. The fourth-order valence-corrected chi connectivity index (χ4v) is 1.79. The quantitative estimate of drug-likeness (QED) is 0.798. The van der Waals surface area contributed by atoms with Crippen LogP contribution in [-0.4, -0.2) is 12.3 Å². The second-order valence-electron chi connectivity index (χ2n) is 3.14. The first kappa shape index (κ1) is 10.5. The Kier molecular flexibility index (Phi) is 2.95. The smallest absolute Gasteiger partial charge is 0.180 e. The van der Waals surface area contributed by atoms with Gasteiger partial charge in [-0.15, -0.1) is 0 Å². The molecule has 0 fully saturated rings. The summed E-state index contributed by atoms with van der Waals surface area (Å²) < 4.78 is 11.4. The van der Waals surface area contributed by atoms with Crippen molar-refractivity contribution in [3.05, 3.63) is 33.5 Å². The summed E-state index contributed by atoms with van der Waals surface area (Å²) in [6.45, 7) is 1.93. The Balaban J connectivity index is 2.41. The standard InChI is InChI=1S/C11H10INO2/c1-7-10(12)11(15-13-7)8-3-5-9(14-2)6-4-8/h3-6H,1-2H3. The average Bonchev–Trinajstić information content (AvgIpc) is 2.60. The summed E-state index contributed by atoms with van der Waals surface area (Å²) in [7, 11) is 1.65. The molecule has 78 valence electrons. The molecule has 2 aromatic rings. The second kappa shape index (κ2) is 4.22. The number of nitrogens with zero attached hydrogens (tertiary/aromatic N) is 1. The monoisotopic (exact) mass is 315 g/mol. The molecule has 0 saturated heterocycles. The number of aromatic nitrogens is 1. The van der Waals surface area contributed by atoms with E-state index in [4.69, 9.17) is 9.26 Å². The Morgan fingerprint density at radius 2 is 1.93 bits per heavy atom. The van der Waals surface area contributed by atoms with Crippen LogP contribution in [0.25, 0.3) is 11.3 Å². The summed E-state index contributed by atoms with van der Waals surface area (Å²) in [5.41, 5.74) is 1.93. The van der Waals surface area contributed by atoms with E-state index in [1.165, 1.54) is 0 Å². The third kappa shape index (κ3) is 1.99. The molecule has 0 unspecified atom stereocenters. The summed E-state index contributed by atoms with van der Waals surface area (Å²) in [6.07, 6.45) is 0. The first-order valence-electron chi connectivity index (χ1n) is 4.48. The molecule has 15 heavy (non-hydrogen) atoms. The van der Waals surface area contributed by atoms with Crippen molar-refractivity contribution < 1.29 is 9.26 Å². The van der Waals surface area contributed by atoms with Gasteiger partial charge in [0.05, 0.1) is 16.4 Å². The predicted octanol–water partition coefficient (Wildman–Crippen LogP) is 3.26. The van der Waals surface area contributed by atoms with Crippen LogP contribution in [0.15, 0.2) is 28.8 Å². The molecule has 0 atom stereocenters.